The van der Waals surface area contributed by atoms with Gasteiger partial charge in [-0.1, -0.05) is 19.9 Å². The third-order valence-corrected chi connectivity index (χ3v) is 5.37. The lowest BCUT2D eigenvalue weighted by Crippen LogP contribution is -2.37. The number of halogens is 1. The summed E-state index contributed by atoms with van der Waals surface area (Å²) >= 11 is 0. The highest BCUT2D eigenvalue weighted by molar-refractivity contribution is 7.89. The average molecular weight is 271 g/mol. The molecule has 1 aliphatic rings. The molecule has 0 heterocycles. The summed E-state index contributed by atoms with van der Waals surface area (Å²) in [5.41, 5.74) is 0. The Labute approximate surface area is 107 Å². The number of benzene rings is 1. The molecule has 1 N–H and O–H groups in total. The third kappa shape index (κ3) is 2.72. The predicted octanol–water partition coefficient (Wildman–Crippen LogP) is 2.54. The van der Waals surface area contributed by atoms with Crippen molar-refractivity contribution >= 4 is 10.0 Å². The molecule has 0 aliphatic heterocycles. The molecule has 0 amide bonds. The van der Waals surface area contributed by atoms with Crippen LogP contribution in [0.15, 0.2) is 29.2 Å². The third-order valence-electron chi connectivity index (χ3n) is 3.88. The minimum Gasteiger partial charge on any atom is -0.208 e. The molecule has 3 nitrogen and oxygen atoms in total. The van der Waals surface area contributed by atoms with Crippen LogP contribution in [0, 0.1) is 17.7 Å². The molecule has 3 atom stereocenters. The molecule has 0 bridgehead atoms. The van der Waals surface area contributed by atoms with Gasteiger partial charge in [0.15, 0.2) is 0 Å². The molecule has 0 radical (unpaired) electrons. The molecule has 3 unspecified atom stereocenters. The van der Waals surface area contributed by atoms with Crippen LogP contribution in [0.1, 0.15) is 26.7 Å². The van der Waals surface area contributed by atoms with Crippen molar-refractivity contribution in [3.05, 3.63) is 30.1 Å². The Morgan fingerprint density at radius 1 is 1.28 bits per heavy atom. The Morgan fingerprint density at radius 2 is 2.00 bits per heavy atom. The van der Waals surface area contributed by atoms with E-state index < -0.39 is 15.8 Å². The van der Waals surface area contributed by atoms with Gasteiger partial charge in [-0.2, -0.15) is 0 Å². The molecule has 5 heteroatoms. The summed E-state index contributed by atoms with van der Waals surface area (Å²) in [5, 5.41) is 0. The lowest BCUT2D eigenvalue weighted by atomic mass is 9.98. The van der Waals surface area contributed by atoms with E-state index >= 15 is 0 Å². The fourth-order valence-corrected chi connectivity index (χ4v) is 3.83. The van der Waals surface area contributed by atoms with Crippen LogP contribution in [0.4, 0.5) is 4.39 Å². The molecule has 100 valence electrons. The molecule has 0 saturated heterocycles. The van der Waals surface area contributed by atoms with Crippen molar-refractivity contribution < 1.29 is 12.8 Å². The molecule has 18 heavy (non-hydrogen) atoms. The molecule has 0 spiro atoms. The zero-order chi connectivity index (χ0) is 13.3. The molecular formula is C13H18FNO2S. The van der Waals surface area contributed by atoms with Crippen LogP contribution >= 0.6 is 0 Å². The van der Waals surface area contributed by atoms with E-state index in [0.29, 0.717) is 11.8 Å². The van der Waals surface area contributed by atoms with E-state index in [1.165, 1.54) is 18.2 Å². The lowest BCUT2D eigenvalue weighted by Gasteiger charge is -2.19. The zero-order valence-electron chi connectivity index (χ0n) is 10.6. The van der Waals surface area contributed by atoms with E-state index in [2.05, 4.69) is 18.6 Å². The van der Waals surface area contributed by atoms with E-state index in [-0.39, 0.29) is 10.9 Å². The van der Waals surface area contributed by atoms with Gasteiger partial charge in [0.2, 0.25) is 10.0 Å². The first-order chi connectivity index (χ1) is 8.40. The highest BCUT2D eigenvalue weighted by Crippen LogP contribution is 2.32. The topological polar surface area (TPSA) is 46.2 Å². The summed E-state index contributed by atoms with van der Waals surface area (Å²) < 4.78 is 40.0. The van der Waals surface area contributed by atoms with Gasteiger partial charge >= 0.3 is 0 Å². The summed E-state index contributed by atoms with van der Waals surface area (Å²) in [4.78, 5) is -0.00532. The Bertz CT molecular complexity index is 530. The zero-order valence-corrected chi connectivity index (χ0v) is 11.4. The van der Waals surface area contributed by atoms with E-state index in [1.807, 2.05) is 0 Å². The van der Waals surface area contributed by atoms with Gasteiger partial charge in [-0.15, -0.1) is 0 Å². The average Bonchev–Trinajstić information content (AvgIpc) is 2.61. The van der Waals surface area contributed by atoms with Crippen molar-refractivity contribution in [2.45, 2.75) is 37.6 Å². The van der Waals surface area contributed by atoms with Crippen LogP contribution in [0.5, 0.6) is 0 Å². The first-order valence-electron chi connectivity index (χ1n) is 6.18. The summed E-state index contributed by atoms with van der Waals surface area (Å²) in [6, 6.07) is 5.05. The second-order valence-electron chi connectivity index (χ2n) is 5.10. The van der Waals surface area contributed by atoms with Gasteiger partial charge in [0.05, 0.1) is 4.90 Å². The fraction of sp³-hybridized carbons (Fsp3) is 0.538. The van der Waals surface area contributed by atoms with Crippen LogP contribution in [-0.4, -0.2) is 14.5 Å². The highest BCUT2D eigenvalue weighted by atomic mass is 32.2. The summed E-state index contributed by atoms with van der Waals surface area (Å²) in [6.07, 6.45) is 1.87. The van der Waals surface area contributed by atoms with Gasteiger partial charge in [0.25, 0.3) is 0 Å². The molecule has 1 saturated carbocycles. The second kappa shape index (κ2) is 4.97. The van der Waals surface area contributed by atoms with E-state index in [9.17, 15) is 12.8 Å². The van der Waals surface area contributed by atoms with Gasteiger partial charge in [-0.05, 0) is 42.9 Å². The quantitative estimate of drug-likeness (QED) is 0.918. The molecule has 1 fully saturated rings. The van der Waals surface area contributed by atoms with E-state index in [4.69, 9.17) is 0 Å². The van der Waals surface area contributed by atoms with Gasteiger partial charge in [-0.3, -0.25) is 0 Å². The van der Waals surface area contributed by atoms with Gasteiger partial charge in [0, 0.05) is 6.04 Å². The van der Waals surface area contributed by atoms with Crippen molar-refractivity contribution in [2.75, 3.05) is 0 Å². The Balaban J connectivity index is 2.18. The van der Waals surface area contributed by atoms with Crippen LogP contribution < -0.4 is 4.72 Å². The van der Waals surface area contributed by atoms with Crippen molar-refractivity contribution in [1.82, 2.24) is 4.72 Å². The molecule has 2 rings (SSSR count). The number of nitrogens with one attached hydrogen (secondary N) is 1. The van der Waals surface area contributed by atoms with Gasteiger partial charge < -0.3 is 0 Å². The summed E-state index contributed by atoms with van der Waals surface area (Å²) in [7, 11) is -3.61. The normalized spacial score (nSPS) is 28.5. The van der Waals surface area contributed by atoms with Crippen molar-refractivity contribution in [1.29, 1.82) is 0 Å². The first-order valence-corrected chi connectivity index (χ1v) is 7.66. The molecular weight excluding hydrogens is 253 g/mol. The van der Waals surface area contributed by atoms with Crippen LogP contribution in [0.3, 0.4) is 0 Å². The monoisotopic (exact) mass is 271 g/mol. The lowest BCUT2D eigenvalue weighted by molar-refractivity contribution is 0.402. The minimum absolute atomic E-state index is 0.00532. The smallest absolute Gasteiger partial charge is 0.208 e. The van der Waals surface area contributed by atoms with E-state index in [0.717, 1.165) is 18.9 Å². The maximum absolute atomic E-state index is 13.1. The SMILES string of the molecule is CC1CCC(NS(=O)(=O)c2cccc(F)c2)C1C. The molecule has 0 aromatic heterocycles. The van der Waals surface area contributed by atoms with Crippen LogP contribution in [0.25, 0.3) is 0 Å². The predicted molar refractivity (Wildman–Crippen MR) is 68.1 cm³/mol. The standard InChI is InChI=1S/C13H18FNO2S/c1-9-6-7-13(10(9)2)15-18(16,17)12-5-3-4-11(14)8-12/h3-5,8-10,13,15H,6-7H2,1-2H3. The maximum atomic E-state index is 13.1. The van der Waals surface area contributed by atoms with Crippen molar-refractivity contribution in [3.8, 4) is 0 Å². The minimum atomic E-state index is -3.61. The summed E-state index contributed by atoms with van der Waals surface area (Å²) in [5.74, 6) is 0.296. The van der Waals surface area contributed by atoms with Crippen LogP contribution in [-0.2, 0) is 10.0 Å². The number of hydrogen-bond acceptors (Lipinski definition) is 2. The molecule has 1 aromatic rings. The first kappa shape index (κ1) is 13.5. The Hall–Kier alpha value is -0.940. The Kier molecular flexibility index (Phi) is 3.73. The molecule has 1 aliphatic carbocycles. The van der Waals surface area contributed by atoms with Crippen molar-refractivity contribution in [2.24, 2.45) is 11.8 Å². The van der Waals surface area contributed by atoms with Crippen LogP contribution in [0.2, 0.25) is 0 Å². The largest absolute Gasteiger partial charge is 0.240 e. The number of rotatable bonds is 3. The van der Waals surface area contributed by atoms with Gasteiger partial charge in [0.1, 0.15) is 5.82 Å². The maximum Gasteiger partial charge on any atom is 0.240 e. The van der Waals surface area contributed by atoms with E-state index in [1.54, 1.807) is 0 Å². The second-order valence-corrected chi connectivity index (χ2v) is 6.81. The number of sulfonamides is 1. The fourth-order valence-electron chi connectivity index (χ4n) is 2.43. The molecule has 1 aromatic carbocycles. The highest BCUT2D eigenvalue weighted by Gasteiger charge is 2.33. The summed E-state index contributed by atoms with van der Waals surface area (Å²) in [6.45, 7) is 4.18. The Morgan fingerprint density at radius 3 is 2.56 bits per heavy atom. The van der Waals surface area contributed by atoms with Gasteiger partial charge in [-0.25, -0.2) is 17.5 Å². The number of hydrogen-bond donors (Lipinski definition) is 1. The van der Waals surface area contributed by atoms with Crippen molar-refractivity contribution in [3.63, 3.8) is 0 Å².